The summed E-state index contributed by atoms with van der Waals surface area (Å²) in [5.41, 5.74) is 5.14. The minimum Gasteiger partial charge on any atom is -0.490 e. The second-order valence-electron chi connectivity index (χ2n) is 7.16. The topological polar surface area (TPSA) is 135 Å². The van der Waals surface area contributed by atoms with E-state index in [4.69, 9.17) is 15.2 Å². The van der Waals surface area contributed by atoms with E-state index in [0.717, 1.165) is 4.40 Å². The Morgan fingerprint density at radius 2 is 1.74 bits per heavy atom. The van der Waals surface area contributed by atoms with Crippen LogP contribution < -0.4 is 16.0 Å². The number of nitrogens with two attached hydrogens (primary N) is 1. The zero-order valence-corrected chi connectivity index (χ0v) is 24.6. The van der Waals surface area contributed by atoms with E-state index in [-0.39, 0.29) is 36.0 Å². The number of hydrogen-bond acceptors (Lipinski definition) is 9. The second kappa shape index (κ2) is 16.1. The Morgan fingerprint density at radius 1 is 1.11 bits per heavy atom. The van der Waals surface area contributed by atoms with Gasteiger partial charge in [-0.25, -0.2) is 23.5 Å². The molecule has 0 aromatic carbocycles. The summed E-state index contributed by atoms with van der Waals surface area (Å²) >= 11 is 6.17. The highest BCUT2D eigenvalue weighted by Crippen LogP contribution is 2.18. The first-order chi connectivity index (χ1) is 17.9. The minimum atomic E-state index is -1.05. The molecule has 208 valence electrons. The molecule has 1 atom stereocenters. The Kier molecular flexibility index (Phi) is 14.0. The van der Waals surface area contributed by atoms with Crippen LogP contribution in [-0.4, -0.2) is 53.1 Å². The number of aromatic nitrogens is 3. The predicted octanol–water partition coefficient (Wildman–Crippen LogP) is 4.28. The molecule has 0 aliphatic heterocycles. The molecule has 14 heteroatoms. The van der Waals surface area contributed by atoms with E-state index < -0.39 is 29.3 Å². The van der Waals surface area contributed by atoms with Crippen LogP contribution in [0.4, 0.5) is 14.6 Å². The molecule has 0 fully saturated rings. The average Bonchev–Trinajstić information content (AvgIpc) is 2.88. The van der Waals surface area contributed by atoms with Gasteiger partial charge in [-0.1, -0.05) is 13.8 Å². The van der Waals surface area contributed by atoms with Gasteiger partial charge in [-0.05, 0) is 57.3 Å². The van der Waals surface area contributed by atoms with Crippen LogP contribution in [0.2, 0.25) is 0 Å². The molecule has 0 bridgehead atoms. The number of rotatable bonds is 7. The number of halogens is 4. The normalized spacial score (nSPS) is 11.0. The minimum absolute atomic E-state index is 0.0100. The SMILES string of the molecule is CCOC(=O)C(OC)C(=O)CC.CCc1nc2c(F)cc(Br)cn2c(=O)c1OC.Nc1ncc(Br)cc1F. The van der Waals surface area contributed by atoms with Crippen LogP contribution in [-0.2, 0) is 25.5 Å². The summed E-state index contributed by atoms with van der Waals surface area (Å²) in [6.07, 6.45) is 2.64. The van der Waals surface area contributed by atoms with Gasteiger partial charge < -0.3 is 19.9 Å². The molecule has 0 saturated carbocycles. The number of carbonyl (C=O) groups excluding carboxylic acids is 2. The van der Waals surface area contributed by atoms with Gasteiger partial charge in [-0.15, -0.1) is 0 Å². The summed E-state index contributed by atoms with van der Waals surface area (Å²) in [7, 11) is 2.72. The molecule has 10 nitrogen and oxygen atoms in total. The maximum atomic E-state index is 13.7. The second-order valence-corrected chi connectivity index (χ2v) is 8.99. The number of Topliss-reactive ketones (excluding diaryl/α,β-unsaturated/α-hetero) is 1. The Labute approximate surface area is 234 Å². The number of methoxy groups -OCH3 is 2. The number of nitrogen functional groups attached to an aromatic ring is 1. The number of esters is 1. The Bertz CT molecular complexity index is 1320. The van der Waals surface area contributed by atoms with E-state index in [0.29, 0.717) is 21.1 Å². The molecule has 3 aromatic rings. The summed E-state index contributed by atoms with van der Waals surface area (Å²) in [6, 6.07) is 2.54. The summed E-state index contributed by atoms with van der Waals surface area (Å²) in [6.45, 7) is 5.45. The van der Waals surface area contributed by atoms with Gasteiger partial charge in [0.25, 0.3) is 0 Å². The lowest BCUT2D eigenvalue weighted by Gasteiger charge is -2.10. The summed E-state index contributed by atoms with van der Waals surface area (Å²) in [5.74, 6) is -1.82. The van der Waals surface area contributed by atoms with Crippen LogP contribution in [0.5, 0.6) is 5.75 Å². The van der Waals surface area contributed by atoms with Crippen LogP contribution in [0.3, 0.4) is 0 Å². The lowest BCUT2D eigenvalue weighted by atomic mass is 10.2. The van der Waals surface area contributed by atoms with Crippen LogP contribution in [0.15, 0.2) is 38.3 Å². The molecule has 1 unspecified atom stereocenters. The van der Waals surface area contributed by atoms with Crippen LogP contribution in [0.1, 0.15) is 32.9 Å². The van der Waals surface area contributed by atoms with Gasteiger partial charge in [0, 0.05) is 34.9 Å². The third-order valence-corrected chi connectivity index (χ3v) is 5.49. The van der Waals surface area contributed by atoms with E-state index in [1.165, 1.54) is 38.7 Å². The van der Waals surface area contributed by atoms with E-state index >= 15 is 0 Å². The molecule has 0 saturated heterocycles. The summed E-state index contributed by atoms with van der Waals surface area (Å²) in [5, 5.41) is 0. The number of hydrogen-bond donors (Lipinski definition) is 1. The van der Waals surface area contributed by atoms with Crippen LogP contribution >= 0.6 is 31.9 Å². The van der Waals surface area contributed by atoms with Gasteiger partial charge in [-0.2, -0.15) is 0 Å². The first-order valence-electron chi connectivity index (χ1n) is 11.2. The molecular formula is C24H28Br2F2N4O6. The van der Waals surface area contributed by atoms with Gasteiger partial charge >= 0.3 is 11.5 Å². The van der Waals surface area contributed by atoms with Crippen molar-refractivity contribution < 1.29 is 32.6 Å². The highest BCUT2D eigenvalue weighted by atomic mass is 79.9. The highest BCUT2D eigenvalue weighted by molar-refractivity contribution is 9.10. The quantitative estimate of drug-likeness (QED) is 0.290. The number of nitrogens with zero attached hydrogens (tertiary/aromatic N) is 3. The molecular weight excluding hydrogens is 638 g/mol. The van der Waals surface area contributed by atoms with Crippen LogP contribution in [0, 0.1) is 11.6 Å². The van der Waals surface area contributed by atoms with E-state index in [2.05, 4.69) is 46.6 Å². The number of ketones is 1. The molecule has 0 spiro atoms. The number of fused-ring (bicyclic) bond motifs is 1. The predicted molar refractivity (Wildman–Crippen MR) is 144 cm³/mol. The molecule has 38 heavy (non-hydrogen) atoms. The molecule has 3 aromatic heterocycles. The standard InChI is InChI=1S/C11H10BrFN2O2.C8H14O4.C5H4BrFN2/c1-3-8-9(17-2)11(16)15-5-6(12)4-7(13)10(15)14-8;1-4-6(9)7(11-3)8(10)12-5-2;6-3-1-4(7)5(8)9-2-3/h4-5H,3H2,1-2H3;7H,4-5H2,1-3H3;1-2H,(H2,8,9). The monoisotopic (exact) mass is 664 g/mol. The Hall–Kier alpha value is -2.97. The van der Waals surface area contributed by atoms with Gasteiger partial charge in [0.05, 0.1) is 19.4 Å². The smallest absolute Gasteiger partial charge is 0.343 e. The van der Waals surface area contributed by atoms with Crippen LogP contribution in [0.25, 0.3) is 5.65 Å². The van der Waals surface area contributed by atoms with Crippen molar-refractivity contribution in [3.63, 3.8) is 0 Å². The number of pyridine rings is 2. The van der Waals surface area contributed by atoms with E-state index in [9.17, 15) is 23.2 Å². The highest BCUT2D eigenvalue weighted by Gasteiger charge is 2.25. The molecule has 2 N–H and O–H groups in total. The Morgan fingerprint density at radius 3 is 2.21 bits per heavy atom. The van der Waals surface area contributed by atoms with Gasteiger partial charge in [0.2, 0.25) is 11.9 Å². The average molecular weight is 666 g/mol. The zero-order valence-electron chi connectivity index (χ0n) is 21.4. The third kappa shape index (κ3) is 9.10. The van der Waals surface area contributed by atoms with Gasteiger partial charge in [-0.3, -0.25) is 14.0 Å². The molecule has 0 radical (unpaired) electrons. The lowest BCUT2D eigenvalue weighted by molar-refractivity contribution is -0.159. The van der Waals surface area contributed by atoms with Gasteiger partial charge in [0.15, 0.2) is 28.9 Å². The molecule has 0 aliphatic rings. The number of carbonyl (C=O) groups is 2. The van der Waals surface area contributed by atoms with Crippen molar-refractivity contribution in [2.24, 2.45) is 0 Å². The van der Waals surface area contributed by atoms with Crippen molar-refractivity contribution in [3.05, 3.63) is 61.2 Å². The zero-order chi connectivity index (χ0) is 29.0. The number of ether oxygens (including phenoxy) is 3. The third-order valence-electron chi connectivity index (χ3n) is 4.63. The maximum absolute atomic E-state index is 13.7. The Balaban J connectivity index is 0.000000302. The fraction of sp³-hybridized carbons (Fsp3) is 0.375. The summed E-state index contributed by atoms with van der Waals surface area (Å²) in [4.78, 5) is 41.7. The first-order valence-corrected chi connectivity index (χ1v) is 12.8. The molecule has 0 aliphatic carbocycles. The fourth-order valence-electron chi connectivity index (χ4n) is 2.83. The fourth-order valence-corrected chi connectivity index (χ4v) is 3.54. The largest absolute Gasteiger partial charge is 0.490 e. The van der Waals surface area contributed by atoms with Crippen molar-refractivity contribution in [2.75, 3.05) is 26.6 Å². The summed E-state index contributed by atoms with van der Waals surface area (Å²) < 4.78 is 42.6. The van der Waals surface area contributed by atoms with Crippen molar-refractivity contribution in [3.8, 4) is 5.75 Å². The first kappa shape index (κ1) is 33.1. The lowest BCUT2D eigenvalue weighted by Crippen LogP contribution is -2.33. The van der Waals surface area contributed by atoms with Crippen molar-refractivity contribution in [1.82, 2.24) is 14.4 Å². The molecule has 3 rings (SSSR count). The van der Waals surface area contributed by atoms with Gasteiger partial charge in [0.1, 0.15) is 0 Å². The van der Waals surface area contributed by atoms with Crippen molar-refractivity contribution in [1.29, 1.82) is 0 Å². The van der Waals surface area contributed by atoms with Crippen molar-refractivity contribution >= 4 is 55.1 Å². The van der Waals surface area contributed by atoms with Crippen molar-refractivity contribution in [2.45, 2.75) is 39.7 Å². The maximum Gasteiger partial charge on any atom is 0.343 e. The van der Waals surface area contributed by atoms with E-state index in [1.54, 1.807) is 13.8 Å². The van der Waals surface area contributed by atoms with E-state index in [1.807, 2.05) is 6.92 Å². The molecule has 3 heterocycles. The number of aryl methyl sites for hydroxylation is 1. The molecule has 0 amide bonds. The number of anilines is 1.